The maximum absolute atomic E-state index is 12.9. The van der Waals surface area contributed by atoms with Crippen LogP contribution in [0, 0.1) is 0 Å². The van der Waals surface area contributed by atoms with E-state index in [1.54, 1.807) is 38.5 Å². The zero-order chi connectivity index (χ0) is 22.7. The summed E-state index contributed by atoms with van der Waals surface area (Å²) in [7, 11) is 3.12. The molecular weight excluding hydrogens is 450 g/mol. The lowest BCUT2D eigenvalue weighted by Crippen LogP contribution is -2.31. The number of nitrogens with zero attached hydrogens (tertiary/aromatic N) is 2. The molecular formula is C23H20ClN3O4S. The van der Waals surface area contributed by atoms with Gasteiger partial charge in [-0.05, 0) is 41.5 Å². The molecule has 0 fully saturated rings. The minimum absolute atomic E-state index is 0.122. The van der Waals surface area contributed by atoms with Crippen LogP contribution in [-0.2, 0) is 17.9 Å². The monoisotopic (exact) mass is 469 g/mol. The van der Waals surface area contributed by atoms with Crippen molar-refractivity contribution >= 4 is 39.1 Å². The Bertz CT molecular complexity index is 1330. The number of fused-ring (bicyclic) bond motifs is 1. The third kappa shape index (κ3) is 4.61. The molecule has 0 bridgehead atoms. The number of halogens is 1. The van der Waals surface area contributed by atoms with Gasteiger partial charge < -0.3 is 14.8 Å². The summed E-state index contributed by atoms with van der Waals surface area (Å²) in [5.41, 5.74) is 2.16. The van der Waals surface area contributed by atoms with Crippen LogP contribution in [0.1, 0.15) is 5.56 Å². The largest absolute Gasteiger partial charge is 0.493 e. The summed E-state index contributed by atoms with van der Waals surface area (Å²) >= 11 is 7.30. The second-order valence-electron chi connectivity index (χ2n) is 6.98. The zero-order valence-corrected chi connectivity index (χ0v) is 19.0. The Hall–Kier alpha value is -3.36. The first-order valence-corrected chi connectivity index (χ1v) is 10.9. The van der Waals surface area contributed by atoms with Crippen molar-refractivity contribution in [2.24, 2.45) is 0 Å². The summed E-state index contributed by atoms with van der Waals surface area (Å²) in [4.78, 5) is 30.6. The van der Waals surface area contributed by atoms with E-state index in [0.717, 1.165) is 16.0 Å². The van der Waals surface area contributed by atoms with E-state index in [4.69, 9.17) is 21.1 Å². The smallest absolute Gasteiger partial charge is 0.271 e. The Morgan fingerprint density at radius 3 is 2.56 bits per heavy atom. The molecule has 0 spiro atoms. The van der Waals surface area contributed by atoms with Crippen molar-refractivity contribution in [2.75, 3.05) is 14.2 Å². The van der Waals surface area contributed by atoms with Crippen LogP contribution in [0.4, 0.5) is 0 Å². The molecule has 2 aromatic heterocycles. The summed E-state index contributed by atoms with van der Waals surface area (Å²) in [5, 5.41) is 3.46. The van der Waals surface area contributed by atoms with E-state index >= 15 is 0 Å². The van der Waals surface area contributed by atoms with Crippen molar-refractivity contribution in [2.45, 2.75) is 13.1 Å². The van der Waals surface area contributed by atoms with Gasteiger partial charge in [-0.15, -0.1) is 11.3 Å². The van der Waals surface area contributed by atoms with Gasteiger partial charge >= 0.3 is 0 Å². The zero-order valence-electron chi connectivity index (χ0n) is 17.4. The van der Waals surface area contributed by atoms with Crippen LogP contribution >= 0.6 is 22.9 Å². The molecule has 1 amide bonds. The van der Waals surface area contributed by atoms with Crippen molar-refractivity contribution in [1.82, 2.24) is 14.9 Å². The van der Waals surface area contributed by atoms with Crippen LogP contribution in [0.15, 0.2) is 59.7 Å². The number of benzene rings is 2. The Balaban J connectivity index is 1.48. The summed E-state index contributed by atoms with van der Waals surface area (Å²) in [6.45, 7) is 0.173. The van der Waals surface area contributed by atoms with Gasteiger partial charge in [-0.1, -0.05) is 29.8 Å². The molecule has 2 heterocycles. The Morgan fingerprint density at radius 1 is 1.09 bits per heavy atom. The van der Waals surface area contributed by atoms with Gasteiger partial charge in [-0.25, -0.2) is 4.98 Å². The Kier molecular flexibility index (Phi) is 6.43. The minimum Gasteiger partial charge on any atom is -0.493 e. The van der Waals surface area contributed by atoms with E-state index < -0.39 is 0 Å². The van der Waals surface area contributed by atoms with E-state index in [0.29, 0.717) is 33.3 Å². The topological polar surface area (TPSA) is 82.5 Å². The van der Waals surface area contributed by atoms with Crippen LogP contribution in [0.25, 0.3) is 20.7 Å². The van der Waals surface area contributed by atoms with Gasteiger partial charge in [0.1, 0.15) is 11.2 Å². The molecule has 2 aromatic carbocycles. The van der Waals surface area contributed by atoms with E-state index in [2.05, 4.69) is 10.3 Å². The van der Waals surface area contributed by atoms with Crippen LogP contribution in [-0.4, -0.2) is 29.7 Å². The minimum atomic E-state index is -0.294. The van der Waals surface area contributed by atoms with Crippen molar-refractivity contribution in [3.63, 3.8) is 0 Å². The van der Waals surface area contributed by atoms with Crippen LogP contribution < -0.4 is 20.3 Å². The van der Waals surface area contributed by atoms with E-state index in [1.165, 1.54) is 22.2 Å². The molecule has 0 aliphatic heterocycles. The van der Waals surface area contributed by atoms with Crippen LogP contribution in [0.2, 0.25) is 5.02 Å². The molecule has 0 saturated carbocycles. The standard InChI is InChI=1S/C23H20ClN3O4S/c1-30-18-8-3-14(9-19(18)31-2)11-25-21(28)12-27-13-26-17-10-20(32-22(17)23(27)29)15-4-6-16(24)7-5-15/h3-10,13H,11-12H2,1-2H3,(H,25,28). The average molecular weight is 470 g/mol. The highest BCUT2D eigenvalue weighted by atomic mass is 35.5. The lowest BCUT2D eigenvalue weighted by Gasteiger charge is -2.11. The molecule has 1 N–H and O–H groups in total. The van der Waals surface area contributed by atoms with E-state index in [1.807, 2.05) is 24.3 Å². The highest BCUT2D eigenvalue weighted by Crippen LogP contribution is 2.31. The van der Waals surface area contributed by atoms with Gasteiger partial charge in [-0.3, -0.25) is 14.2 Å². The molecule has 164 valence electrons. The van der Waals surface area contributed by atoms with Crippen LogP contribution in [0.5, 0.6) is 11.5 Å². The molecule has 0 aliphatic carbocycles. The molecule has 0 unspecified atom stereocenters. The van der Waals surface area contributed by atoms with Crippen molar-refractivity contribution in [1.29, 1.82) is 0 Å². The van der Waals surface area contributed by atoms with Gasteiger partial charge in [0.2, 0.25) is 5.91 Å². The average Bonchev–Trinajstić information content (AvgIpc) is 3.25. The maximum atomic E-state index is 12.9. The fourth-order valence-electron chi connectivity index (χ4n) is 3.22. The van der Waals surface area contributed by atoms with Crippen LogP contribution in [0.3, 0.4) is 0 Å². The lowest BCUT2D eigenvalue weighted by atomic mass is 10.2. The fraction of sp³-hybridized carbons (Fsp3) is 0.174. The van der Waals surface area contributed by atoms with Crippen molar-refractivity contribution < 1.29 is 14.3 Å². The SMILES string of the molecule is COc1ccc(CNC(=O)Cn2cnc3cc(-c4ccc(Cl)cc4)sc3c2=O)cc1OC. The first-order chi connectivity index (χ1) is 15.5. The number of hydrogen-bond acceptors (Lipinski definition) is 6. The second-order valence-corrected chi connectivity index (χ2v) is 8.46. The summed E-state index contributed by atoms with van der Waals surface area (Å²) in [6, 6.07) is 14.7. The third-order valence-corrected chi connectivity index (χ3v) is 6.30. The molecule has 32 heavy (non-hydrogen) atoms. The number of carbonyl (C=O) groups is 1. The second kappa shape index (κ2) is 9.42. The van der Waals surface area contributed by atoms with Gasteiger partial charge in [-0.2, -0.15) is 0 Å². The number of ether oxygens (including phenoxy) is 2. The van der Waals surface area contributed by atoms with E-state index in [-0.39, 0.29) is 18.0 Å². The van der Waals surface area contributed by atoms with Gasteiger partial charge in [0.15, 0.2) is 11.5 Å². The summed E-state index contributed by atoms with van der Waals surface area (Å²) < 4.78 is 12.3. The predicted molar refractivity (Wildman–Crippen MR) is 126 cm³/mol. The number of aromatic nitrogens is 2. The van der Waals surface area contributed by atoms with Gasteiger partial charge in [0.25, 0.3) is 5.56 Å². The van der Waals surface area contributed by atoms with Crippen molar-refractivity contribution in [3.05, 3.63) is 75.8 Å². The fourth-order valence-corrected chi connectivity index (χ4v) is 4.41. The summed E-state index contributed by atoms with van der Waals surface area (Å²) in [5.74, 6) is 0.902. The summed E-state index contributed by atoms with van der Waals surface area (Å²) in [6.07, 6.45) is 1.40. The molecule has 0 radical (unpaired) electrons. The lowest BCUT2D eigenvalue weighted by molar-refractivity contribution is -0.121. The molecule has 4 aromatic rings. The Morgan fingerprint density at radius 2 is 1.84 bits per heavy atom. The number of carbonyl (C=O) groups excluding carboxylic acids is 1. The molecule has 0 saturated heterocycles. The highest BCUT2D eigenvalue weighted by Gasteiger charge is 2.13. The number of thiophene rings is 1. The normalized spacial score (nSPS) is 10.8. The maximum Gasteiger partial charge on any atom is 0.271 e. The number of amides is 1. The molecule has 0 aliphatic rings. The van der Waals surface area contributed by atoms with Gasteiger partial charge in [0.05, 0.1) is 26.1 Å². The first-order valence-electron chi connectivity index (χ1n) is 9.71. The quantitative estimate of drug-likeness (QED) is 0.440. The molecule has 0 atom stereocenters. The number of methoxy groups -OCH3 is 2. The van der Waals surface area contributed by atoms with E-state index in [9.17, 15) is 9.59 Å². The Labute approximate surface area is 193 Å². The first kappa shape index (κ1) is 21.9. The number of nitrogens with one attached hydrogen (secondary N) is 1. The van der Waals surface area contributed by atoms with Gasteiger partial charge in [0, 0.05) is 16.4 Å². The number of hydrogen-bond donors (Lipinski definition) is 1. The molecule has 9 heteroatoms. The molecule has 4 rings (SSSR count). The highest BCUT2D eigenvalue weighted by molar-refractivity contribution is 7.22. The number of rotatable bonds is 7. The predicted octanol–water partition coefficient (Wildman–Crippen LogP) is 4.11. The third-order valence-electron chi connectivity index (χ3n) is 4.88. The molecule has 7 nitrogen and oxygen atoms in total. The van der Waals surface area contributed by atoms with Crippen molar-refractivity contribution in [3.8, 4) is 21.9 Å².